The Morgan fingerprint density at radius 1 is 1.28 bits per heavy atom. The maximum Gasteiger partial charge on any atom is 0.269 e. The maximum absolute atomic E-state index is 13.2. The number of sulfonamides is 1. The van der Waals surface area contributed by atoms with Crippen LogP contribution in [0.25, 0.3) is 11.3 Å². The lowest BCUT2D eigenvalue weighted by Crippen LogP contribution is -2.35. The van der Waals surface area contributed by atoms with E-state index in [-0.39, 0.29) is 11.4 Å². The summed E-state index contributed by atoms with van der Waals surface area (Å²) < 4.78 is 27.6. The molecule has 4 heterocycles. The van der Waals surface area contributed by atoms with Gasteiger partial charge in [-0.2, -0.15) is 0 Å². The predicted molar refractivity (Wildman–Crippen MR) is 122 cm³/mol. The molecule has 8 nitrogen and oxygen atoms in total. The first kappa shape index (κ1) is 19.2. The minimum Gasteiger partial charge on any atom is -0.390 e. The van der Waals surface area contributed by atoms with Gasteiger partial charge in [-0.1, -0.05) is 12.2 Å². The third-order valence-electron chi connectivity index (χ3n) is 6.49. The molecule has 162 valence electrons. The molecule has 2 aromatic heterocycles. The van der Waals surface area contributed by atoms with Crippen molar-refractivity contribution in [2.45, 2.75) is 24.2 Å². The molecule has 0 saturated heterocycles. The van der Waals surface area contributed by atoms with E-state index in [1.54, 1.807) is 12.3 Å². The lowest BCUT2D eigenvalue weighted by molar-refractivity contribution is 0.550. The zero-order chi connectivity index (χ0) is 21.9. The molecule has 2 aromatic rings. The van der Waals surface area contributed by atoms with Crippen LogP contribution in [0.5, 0.6) is 0 Å². The molecule has 0 unspecified atom stereocenters. The van der Waals surface area contributed by atoms with E-state index in [9.17, 15) is 8.42 Å². The molecule has 32 heavy (non-hydrogen) atoms. The second-order valence-electron chi connectivity index (χ2n) is 8.51. The first-order valence-electron chi connectivity index (χ1n) is 10.6. The number of hydrogen-bond donors (Lipinski definition) is 2. The van der Waals surface area contributed by atoms with Crippen LogP contribution in [-0.4, -0.2) is 36.5 Å². The van der Waals surface area contributed by atoms with Crippen molar-refractivity contribution in [2.75, 3.05) is 22.7 Å². The van der Waals surface area contributed by atoms with E-state index in [2.05, 4.69) is 50.5 Å². The van der Waals surface area contributed by atoms with Crippen LogP contribution in [0.2, 0.25) is 0 Å². The Morgan fingerprint density at radius 3 is 2.97 bits per heavy atom. The summed E-state index contributed by atoms with van der Waals surface area (Å²) in [6, 6.07) is 3.60. The molecule has 2 aliphatic heterocycles. The third kappa shape index (κ3) is 2.81. The highest BCUT2D eigenvalue weighted by Crippen LogP contribution is 2.56. The minimum absolute atomic E-state index is 0.0695. The fourth-order valence-electron chi connectivity index (χ4n) is 4.72. The molecule has 2 N–H and O–H groups in total. The molecule has 1 spiro atoms. The van der Waals surface area contributed by atoms with Gasteiger partial charge in [0.05, 0.1) is 12.7 Å². The van der Waals surface area contributed by atoms with E-state index in [4.69, 9.17) is 0 Å². The minimum atomic E-state index is -3.82. The van der Waals surface area contributed by atoms with Crippen molar-refractivity contribution in [3.05, 3.63) is 72.4 Å². The summed E-state index contributed by atoms with van der Waals surface area (Å²) in [4.78, 5) is 13.3. The highest BCUT2D eigenvalue weighted by atomic mass is 32.2. The van der Waals surface area contributed by atoms with Crippen molar-refractivity contribution in [3.63, 3.8) is 0 Å². The molecule has 6 rings (SSSR count). The van der Waals surface area contributed by atoms with E-state index in [1.165, 1.54) is 40.6 Å². The SMILES string of the molecule is C=CCN1c2ncccc2-c2nc(NC3=CC=C4C(=CNCC45CC5)C3)ncc2S1(=O)=O. The van der Waals surface area contributed by atoms with Crippen LogP contribution in [0.15, 0.2) is 77.3 Å². The molecule has 0 radical (unpaired) electrons. The highest BCUT2D eigenvalue weighted by molar-refractivity contribution is 7.93. The second-order valence-corrected chi connectivity index (χ2v) is 10.3. The summed E-state index contributed by atoms with van der Waals surface area (Å²) in [5.41, 5.74) is 5.01. The summed E-state index contributed by atoms with van der Waals surface area (Å²) in [5.74, 6) is 0.710. The van der Waals surface area contributed by atoms with Gasteiger partial charge in [-0.3, -0.25) is 0 Å². The van der Waals surface area contributed by atoms with Crippen LogP contribution in [-0.2, 0) is 10.0 Å². The first-order chi connectivity index (χ1) is 15.5. The second kappa shape index (κ2) is 6.77. The summed E-state index contributed by atoms with van der Waals surface area (Å²) in [6.45, 7) is 4.81. The average Bonchev–Trinajstić information content (AvgIpc) is 3.56. The molecule has 0 bridgehead atoms. The van der Waals surface area contributed by atoms with Crippen LogP contribution in [0.3, 0.4) is 0 Å². The lowest BCUT2D eigenvalue weighted by atomic mass is 9.82. The smallest absolute Gasteiger partial charge is 0.269 e. The van der Waals surface area contributed by atoms with E-state index in [0.717, 1.165) is 18.7 Å². The third-order valence-corrected chi connectivity index (χ3v) is 8.25. The quantitative estimate of drug-likeness (QED) is 0.696. The number of hydrogen-bond acceptors (Lipinski definition) is 7. The van der Waals surface area contributed by atoms with Crippen molar-refractivity contribution >= 4 is 21.8 Å². The number of allylic oxidation sites excluding steroid dienone is 3. The van der Waals surface area contributed by atoms with Gasteiger partial charge in [0.2, 0.25) is 5.95 Å². The van der Waals surface area contributed by atoms with Crippen LogP contribution in [0.4, 0.5) is 11.8 Å². The number of pyridine rings is 1. The molecule has 0 aromatic carbocycles. The lowest BCUT2D eigenvalue weighted by Gasteiger charge is -2.30. The Balaban J connectivity index is 1.37. The Bertz CT molecular complexity index is 1350. The van der Waals surface area contributed by atoms with Crippen LogP contribution < -0.4 is 14.9 Å². The topological polar surface area (TPSA) is 100 Å². The number of aromatic nitrogens is 3. The standard InChI is InChI=1S/C23H22N6O2S/c1-2-10-29-21-17(4-3-9-25-21)20-19(32(29,30)31)13-26-22(28-20)27-16-5-6-18-15(11-16)12-24-14-23(18)7-8-23/h2-6,9,12-13,24H,1,7-8,10-11,14H2,(H,26,27,28). The molecular formula is C23H22N6O2S. The Hall–Kier alpha value is -3.46. The molecular weight excluding hydrogens is 424 g/mol. The van der Waals surface area contributed by atoms with Gasteiger partial charge < -0.3 is 10.6 Å². The van der Waals surface area contributed by atoms with Gasteiger partial charge >= 0.3 is 0 Å². The van der Waals surface area contributed by atoms with Crippen LogP contribution in [0.1, 0.15) is 19.3 Å². The molecule has 4 aliphatic rings. The molecule has 1 saturated carbocycles. The molecule has 0 amide bonds. The van der Waals surface area contributed by atoms with Gasteiger partial charge in [0.25, 0.3) is 10.0 Å². The predicted octanol–water partition coefficient (Wildman–Crippen LogP) is 3.13. The van der Waals surface area contributed by atoms with E-state index < -0.39 is 10.0 Å². The Labute approximate surface area is 186 Å². The van der Waals surface area contributed by atoms with E-state index >= 15 is 0 Å². The van der Waals surface area contributed by atoms with Gasteiger partial charge in [-0.05, 0) is 42.2 Å². The zero-order valence-corrected chi connectivity index (χ0v) is 18.2. The average molecular weight is 447 g/mol. The van der Waals surface area contributed by atoms with E-state index in [1.807, 2.05) is 6.07 Å². The summed E-state index contributed by atoms with van der Waals surface area (Å²) >= 11 is 0. The Morgan fingerprint density at radius 2 is 2.16 bits per heavy atom. The maximum atomic E-state index is 13.2. The summed E-state index contributed by atoms with van der Waals surface area (Å²) in [7, 11) is -3.82. The van der Waals surface area contributed by atoms with Crippen molar-refractivity contribution in [1.82, 2.24) is 20.3 Å². The number of nitrogens with zero attached hydrogens (tertiary/aromatic N) is 4. The molecule has 9 heteroatoms. The van der Waals surface area contributed by atoms with Gasteiger partial charge in [0.1, 0.15) is 10.6 Å². The largest absolute Gasteiger partial charge is 0.390 e. The first-order valence-corrected chi connectivity index (χ1v) is 12.0. The normalized spacial score (nSPS) is 21.1. The fraction of sp³-hybridized carbons (Fsp3) is 0.261. The van der Waals surface area contributed by atoms with Crippen LogP contribution >= 0.6 is 0 Å². The molecule has 2 aliphatic carbocycles. The van der Waals surface area contributed by atoms with Gasteiger partial charge in [-0.25, -0.2) is 27.7 Å². The zero-order valence-electron chi connectivity index (χ0n) is 17.4. The molecule has 0 atom stereocenters. The summed E-state index contributed by atoms with van der Waals surface area (Å²) in [6.07, 6.45) is 14.1. The highest BCUT2D eigenvalue weighted by Gasteiger charge is 2.48. The van der Waals surface area contributed by atoms with Gasteiger partial charge in [0, 0.05) is 42.0 Å². The van der Waals surface area contributed by atoms with Crippen molar-refractivity contribution in [2.24, 2.45) is 5.41 Å². The number of fused-ring (bicyclic) bond motifs is 5. The summed E-state index contributed by atoms with van der Waals surface area (Å²) in [5, 5.41) is 6.71. The number of nitrogens with one attached hydrogen (secondary N) is 2. The fourth-order valence-corrected chi connectivity index (χ4v) is 6.21. The van der Waals surface area contributed by atoms with Gasteiger partial charge in [0.15, 0.2) is 5.82 Å². The van der Waals surface area contributed by atoms with Crippen molar-refractivity contribution in [3.8, 4) is 11.3 Å². The monoisotopic (exact) mass is 446 g/mol. The van der Waals surface area contributed by atoms with Crippen LogP contribution in [0, 0.1) is 5.41 Å². The molecule has 1 fully saturated rings. The number of anilines is 2. The number of rotatable bonds is 4. The van der Waals surface area contributed by atoms with Crippen molar-refractivity contribution in [1.29, 1.82) is 0 Å². The van der Waals surface area contributed by atoms with Gasteiger partial charge in [-0.15, -0.1) is 6.58 Å². The van der Waals surface area contributed by atoms with E-state index in [0.29, 0.717) is 28.4 Å². The Kier molecular flexibility index (Phi) is 4.07. The van der Waals surface area contributed by atoms with Crippen molar-refractivity contribution < 1.29 is 8.42 Å².